The van der Waals surface area contributed by atoms with Crippen LogP contribution in [0.4, 0.5) is 0 Å². The molecule has 0 aromatic rings. The van der Waals surface area contributed by atoms with Crippen molar-refractivity contribution in [2.24, 2.45) is 65.1 Å². The van der Waals surface area contributed by atoms with E-state index in [1.165, 1.54) is 125 Å². The monoisotopic (exact) mass is 1270 g/mol. The van der Waals surface area contributed by atoms with Gasteiger partial charge in [-0.05, 0) is 0 Å². The number of carbonyl (C=O) groups is 11. The molecule has 0 aromatic heterocycles. The molecule has 0 unspecified atom stereocenters. The van der Waals surface area contributed by atoms with E-state index in [2.05, 4.69) is 0 Å². The van der Waals surface area contributed by atoms with Gasteiger partial charge in [-0.25, -0.2) is 0 Å². The molecule has 27 nitrogen and oxygen atoms in total. The maximum Gasteiger partial charge on any atom is 0.308 e. The van der Waals surface area contributed by atoms with Crippen LogP contribution < -0.4 is 0 Å². The first-order valence-electron chi connectivity index (χ1n) is 30.7. The molecule has 0 bridgehead atoms. The Labute approximate surface area is 522 Å². The fourth-order valence-electron chi connectivity index (χ4n) is 8.10. The highest BCUT2D eigenvalue weighted by Gasteiger charge is 2.66. The van der Waals surface area contributed by atoms with Crippen molar-refractivity contribution in [1.82, 2.24) is 0 Å². The molecule has 89 heavy (non-hydrogen) atoms. The van der Waals surface area contributed by atoms with E-state index in [1.54, 1.807) is 27.7 Å². The Bertz CT molecular complexity index is 2430. The van der Waals surface area contributed by atoms with Crippen molar-refractivity contribution in [1.29, 1.82) is 0 Å². The van der Waals surface area contributed by atoms with Crippen molar-refractivity contribution in [3.63, 3.8) is 0 Å². The zero-order valence-corrected chi connectivity index (χ0v) is 55.7. The van der Waals surface area contributed by atoms with Crippen LogP contribution in [0.2, 0.25) is 0 Å². The van der Waals surface area contributed by atoms with Crippen LogP contribution in [0.15, 0.2) is 0 Å². The normalized spacial score (nSPS) is 27.1. The predicted octanol–water partition coefficient (Wildman–Crippen LogP) is 5.70. The smallest absolute Gasteiger partial charge is 0.308 e. The van der Waals surface area contributed by atoms with E-state index in [-0.39, 0.29) is 0 Å². The molecule has 0 amide bonds. The van der Waals surface area contributed by atoms with Crippen molar-refractivity contribution in [2.75, 3.05) is 26.4 Å². The van der Waals surface area contributed by atoms with Gasteiger partial charge < -0.3 is 75.8 Å². The van der Waals surface area contributed by atoms with Gasteiger partial charge in [0, 0.05) is 0 Å². The Hall–Kier alpha value is -6.03. The molecule has 3 saturated heterocycles. The lowest BCUT2D eigenvalue weighted by Gasteiger charge is -2.48. The second-order valence-electron chi connectivity index (χ2n) is 25.7. The van der Waals surface area contributed by atoms with E-state index in [0.29, 0.717) is 0 Å². The first kappa shape index (κ1) is 77.2. The van der Waals surface area contributed by atoms with Crippen LogP contribution in [0.5, 0.6) is 0 Å². The van der Waals surface area contributed by atoms with Crippen molar-refractivity contribution >= 4 is 65.7 Å². The summed E-state index contributed by atoms with van der Waals surface area (Å²) in [6.07, 6.45) is -24.1. The van der Waals surface area contributed by atoms with Crippen LogP contribution in [-0.4, -0.2) is 178 Å². The molecule has 3 heterocycles. The molecule has 3 rings (SSSR count). The van der Waals surface area contributed by atoms with Gasteiger partial charge in [0.1, 0.15) is 38.1 Å². The second kappa shape index (κ2) is 34.4. The molecule has 0 spiro atoms. The molecule has 14 atom stereocenters. The summed E-state index contributed by atoms with van der Waals surface area (Å²) in [6, 6.07) is 0. The van der Waals surface area contributed by atoms with E-state index in [4.69, 9.17) is 75.8 Å². The maximum absolute atomic E-state index is 14.1. The van der Waals surface area contributed by atoms with E-state index in [1.807, 2.05) is 0 Å². The summed E-state index contributed by atoms with van der Waals surface area (Å²) in [5.41, 5.74) is 0. The molecular formula is C62H98O27. The summed E-state index contributed by atoms with van der Waals surface area (Å²) in [7, 11) is 0. The Morgan fingerprint density at radius 3 is 0.921 bits per heavy atom. The number of esters is 11. The zero-order valence-electron chi connectivity index (χ0n) is 55.7. The number of hydrogen-bond acceptors (Lipinski definition) is 27. The van der Waals surface area contributed by atoms with Gasteiger partial charge in [-0.2, -0.15) is 0 Å². The average molecular weight is 1280 g/mol. The van der Waals surface area contributed by atoms with Gasteiger partial charge in [-0.15, -0.1) is 0 Å². The van der Waals surface area contributed by atoms with Gasteiger partial charge in [0.05, 0.1) is 71.7 Å². The first-order valence-corrected chi connectivity index (χ1v) is 30.7. The minimum Gasteiger partial charge on any atom is -0.463 e. The van der Waals surface area contributed by atoms with Gasteiger partial charge in [0.15, 0.2) is 55.1 Å². The van der Waals surface area contributed by atoms with Crippen LogP contribution in [0, 0.1) is 65.1 Å². The first-order chi connectivity index (χ1) is 41.2. The standard InChI is InChI=1S/C62H98O27/c1-27(2)49(63)74-23-38-41(80-52(66)30(7)8)44(83-55(69)33(13)14)46(85-57(71)35(17)18)60(78-38)76-24-39-42(81-53(67)31(9)10)45(84-56(70)34(15)16)47(86-58(72)36(19)20)61(79-39)89-62(26-77-51(65)29(5)6)48(87-59(73)37(21)22)43(82-54(68)32(11)12)40(88-62)25-75-50(64)28(3)4/h27-48,60-61H,23-26H2,1-22H3/t38-,39-,40-,41+,42-,43-,44+,45+,46-,47-,48+,60+,61-,62+/m1/s1. The van der Waals surface area contributed by atoms with E-state index in [0.717, 1.165) is 0 Å². The molecule has 0 aliphatic carbocycles. The molecule has 0 aromatic carbocycles. The van der Waals surface area contributed by atoms with Crippen LogP contribution in [0.1, 0.15) is 152 Å². The minimum atomic E-state index is -2.75. The minimum absolute atomic E-state index is 0.661. The number of rotatable bonds is 30. The second-order valence-corrected chi connectivity index (χ2v) is 25.7. The van der Waals surface area contributed by atoms with E-state index < -0.39 is 243 Å². The van der Waals surface area contributed by atoms with E-state index >= 15 is 0 Å². The lowest BCUT2D eigenvalue weighted by Crippen LogP contribution is -2.67. The third-order valence-electron chi connectivity index (χ3n) is 13.8. The summed E-state index contributed by atoms with van der Waals surface area (Å²) in [4.78, 5) is 151. The quantitative estimate of drug-likeness (QED) is 0.0614. The maximum atomic E-state index is 14.1. The van der Waals surface area contributed by atoms with Crippen LogP contribution in [0.3, 0.4) is 0 Å². The summed E-state index contributed by atoms with van der Waals surface area (Å²) in [5.74, 6) is -21.5. The van der Waals surface area contributed by atoms with Crippen LogP contribution in [0.25, 0.3) is 0 Å². The summed E-state index contributed by atoms with van der Waals surface area (Å²) in [6.45, 7) is 29.9. The SMILES string of the molecule is CC(C)C(=O)OC[C@H]1O[C@H](OC[C@H]2O[C@H](O[C@]3(COC(=O)C(C)C)O[C@H](COC(=O)C(C)C)[C@@H](OC(=O)C(C)C)[C@@H]3OC(=O)C(C)C)[C@H](OC(=O)C(C)C)[C@@H](OC(=O)C(C)C)[C@@H]2OC(=O)C(C)C)[C@H](OC(=O)C(C)C)[C@@H](OC(=O)C(C)C)[C@H]1OC(=O)C(C)C. The Morgan fingerprint density at radius 2 is 0.562 bits per heavy atom. The third kappa shape index (κ3) is 21.8. The number of hydrogen-bond donors (Lipinski definition) is 0. The number of ether oxygens (including phenoxy) is 16. The fraction of sp³-hybridized carbons (Fsp3) is 0.823. The van der Waals surface area contributed by atoms with Gasteiger partial charge in [-0.3, -0.25) is 52.7 Å². The molecular weight excluding hydrogens is 1180 g/mol. The van der Waals surface area contributed by atoms with Gasteiger partial charge in [-0.1, -0.05) is 152 Å². The predicted molar refractivity (Wildman–Crippen MR) is 307 cm³/mol. The topological polar surface area (TPSA) is 335 Å². The molecule has 508 valence electrons. The zero-order chi connectivity index (χ0) is 67.8. The largest absolute Gasteiger partial charge is 0.463 e. The average Bonchev–Trinajstić information content (AvgIpc) is 1.72. The molecule has 3 aliphatic heterocycles. The van der Waals surface area contributed by atoms with Gasteiger partial charge >= 0.3 is 65.7 Å². The molecule has 27 heteroatoms. The molecule has 0 saturated carbocycles. The van der Waals surface area contributed by atoms with Gasteiger partial charge in [0.25, 0.3) is 0 Å². The van der Waals surface area contributed by atoms with Crippen LogP contribution in [-0.2, 0) is 129 Å². The molecule has 0 N–H and O–H groups in total. The highest BCUT2D eigenvalue weighted by atomic mass is 16.8. The summed E-state index contributed by atoms with van der Waals surface area (Å²) < 4.78 is 99.2. The molecule has 3 aliphatic rings. The summed E-state index contributed by atoms with van der Waals surface area (Å²) in [5, 5.41) is 0. The van der Waals surface area contributed by atoms with Gasteiger partial charge in [0.2, 0.25) is 12.1 Å². The third-order valence-corrected chi connectivity index (χ3v) is 13.8. The van der Waals surface area contributed by atoms with Crippen molar-refractivity contribution in [2.45, 2.75) is 238 Å². The summed E-state index contributed by atoms with van der Waals surface area (Å²) >= 11 is 0. The molecule has 3 fully saturated rings. The van der Waals surface area contributed by atoms with E-state index in [9.17, 15) is 52.7 Å². The fourth-order valence-corrected chi connectivity index (χ4v) is 8.10. The molecule has 0 radical (unpaired) electrons. The number of carbonyl (C=O) groups excluding carboxylic acids is 11. The van der Waals surface area contributed by atoms with Crippen molar-refractivity contribution < 1.29 is 129 Å². The lowest BCUT2D eigenvalue weighted by molar-refractivity contribution is -0.389. The van der Waals surface area contributed by atoms with Crippen molar-refractivity contribution in [3.8, 4) is 0 Å². The van der Waals surface area contributed by atoms with Crippen LogP contribution >= 0.6 is 0 Å². The van der Waals surface area contributed by atoms with Crippen molar-refractivity contribution in [3.05, 3.63) is 0 Å². The Kier molecular flexibility index (Phi) is 29.9. The lowest BCUT2D eigenvalue weighted by atomic mass is 9.96. The highest BCUT2D eigenvalue weighted by Crippen LogP contribution is 2.43. The Balaban J connectivity index is 2.59. The highest BCUT2D eigenvalue weighted by molar-refractivity contribution is 5.77. The Morgan fingerprint density at radius 1 is 0.292 bits per heavy atom.